The Morgan fingerprint density at radius 1 is 1.26 bits per heavy atom. The van der Waals surface area contributed by atoms with Crippen LogP contribution in [0.4, 0.5) is 10.5 Å². The molecule has 0 saturated carbocycles. The highest BCUT2D eigenvalue weighted by molar-refractivity contribution is 7.08. The molecule has 2 aromatic rings. The third-order valence-corrected chi connectivity index (χ3v) is 4.88. The van der Waals surface area contributed by atoms with Crippen LogP contribution in [-0.4, -0.2) is 24.1 Å². The first kappa shape index (κ1) is 19.2. The number of hydrazine groups is 1. The number of hydrogen-bond acceptors (Lipinski definition) is 5. The number of thiophene rings is 1. The zero-order valence-electron chi connectivity index (χ0n) is 15.8. The number of hydrogen-bond donors (Lipinski definition) is 2. The molecule has 2 amide bonds. The van der Waals surface area contributed by atoms with Crippen molar-refractivity contribution in [3.05, 3.63) is 52.2 Å². The Bertz CT molecular complexity index is 799. The molecule has 1 aliphatic carbocycles. The Balaban J connectivity index is 1.64. The van der Waals surface area contributed by atoms with E-state index in [1.165, 1.54) is 27.5 Å². The second-order valence-corrected chi connectivity index (χ2v) is 8.32. The van der Waals surface area contributed by atoms with E-state index in [0.717, 1.165) is 18.5 Å². The minimum absolute atomic E-state index is 0.00857. The van der Waals surface area contributed by atoms with E-state index in [1.54, 1.807) is 20.8 Å². The van der Waals surface area contributed by atoms with Crippen molar-refractivity contribution in [1.29, 1.82) is 0 Å². The normalized spacial score (nSPS) is 15.7. The fraction of sp³-hybridized carbons (Fsp3) is 0.400. The molecule has 0 radical (unpaired) electrons. The molecule has 0 spiro atoms. The highest BCUT2D eigenvalue weighted by atomic mass is 32.1. The molecule has 3 rings (SSSR count). The Labute approximate surface area is 163 Å². The lowest BCUT2D eigenvalue weighted by atomic mass is 10.1. The predicted octanol–water partition coefficient (Wildman–Crippen LogP) is 3.80. The molecule has 1 atom stereocenters. The Kier molecular flexibility index (Phi) is 5.70. The molecule has 0 bridgehead atoms. The van der Waals surface area contributed by atoms with Gasteiger partial charge in [-0.25, -0.2) is 10.2 Å². The van der Waals surface area contributed by atoms with Crippen molar-refractivity contribution in [3.63, 3.8) is 0 Å². The van der Waals surface area contributed by atoms with E-state index in [2.05, 4.69) is 22.9 Å². The lowest BCUT2D eigenvalue weighted by molar-refractivity contribution is -0.120. The summed E-state index contributed by atoms with van der Waals surface area (Å²) in [6.45, 7) is 5.40. The number of fused-ring (bicyclic) bond motifs is 1. The van der Waals surface area contributed by atoms with Gasteiger partial charge in [0.25, 0.3) is 0 Å². The van der Waals surface area contributed by atoms with Gasteiger partial charge in [0.1, 0.15) is 12.1 Å². The number of rotatable bonds is 5. The van der Waals surface area contributed by atoms with Crippen LogP contribution in [-0.2, 0) is 16.0 Å². The minimum atomic E-state index is -0.611. The fourth-order valence-electron chi connectivity index (χ4n) is 3.11. The number of ether oxygens (including phenoxy) is 1. The van der Waals surface area contributed by atoms with E-state index in [-0.39, 0.29) is 18.5 Å². The van der Waals surface area contributed by atoms with Crippen LogP contribution in [0.25, 0.3) is 0 Å². The van der Waals surface area contributed by atoms with Gasteiger partial charge < -0.3 is 10.1 Å². The molecule has 2 N–H and O–H groups in total. The van der Waals surface area contributed by atoms with Gasteiger partial charge in [0.05, 0.1) is 11.7 Å². The number of carbonyl (C=O) groups excluding carboxylic acids is 2. The van der Waals surface area contributed by atoms with Crippen molar-refractivity contribution >= 4 is 29.0 Å². The molecule has 1 heterocycles. The third-order valence-electron chi connectivity index (χ3n) is 4.21. The summed E-state index contributed by atoms with van der Waals surface area (Å²) in [5, 5.41) is 8.36. The quantitative estimate of drug-likeness (QED) is 0.766. The first-order chi connectivity index (χ1) is 12.8. The predicted molar refractivity (Wildman–Crippen MR) is 107 cm³/mol. The van der Waals surface area contributed by atoms with Crippen LogP contribution >= 0.6 is 11.3 Å². The van der Waals surface area contributed by atoms with Crippen LogP contribution in [0.2, 0.25) is 0 Å². The summed E-state index contributed by atoms with van der Waals surface area (Å²) in [5.74, 6) is -0.154. The second-order valence-electron chi connectivity index (χ2n) is 7.54. The summed E-state index contributed by atoms with van der Waals surface area (Å²) >= 11 is 1.49. The van der Waals surface area contributed by atoms with Gasteiger partial charge in [-0.05, 0) is 56.2 Å². The molecule has 1 unspecified atom stereocenters. The van der Waals surface area contributed by atoms with Crippen LogP contribution in [0, 0.1) is 0 Å². The molecule has 1 aliphatic rings. The minimum Gasteiger partial charge on any atom is -0.443 e. The lowest BCUT2D eigenvalue weighted by Gasteiger charge is -2.27. The SMILES string of the molecule is CC(C)(C)OC(=O)NN(CC(=O)NC1CCc2ccccc21)c1ccsc1. The summed E-state index contributed by atoms with van der Waals surface area (Å²) in [7, 11) is 0. The summed E-state index contributed by atoms with van der Waals surface area (Å²) in [6, 6.07) is 10.0. The Hall–Kier alpha value is -2.54. The first-order valence-electron chi connectivity index (χ1n) is 8.98. The average Bonchev–Trinajstić information content (AvgIpc) is 3.23. The summed E-state index contributed by atoms with van der Waals surface area (Å²) < 4.78 is 5.31. The van der Waals surface area contributed by atoms with Gasteiger partial charge in [-0.2, -0.15) is 11.3 Å². The summed E-state index contributed by atoms with van der Waals surface area (Å²) in [4.78, 5) is 24.8. The van der Waals surface area contributed by atoms with E-state index in [9.17, 15) is 9.59 Å². The molecule has 1 aromatic carbocycles. The van der Waals surface area contributed by atoms with Crippen molar-refractivity contribution in [2.24, 2.45) is 0 Å². The average molecular weight is 388 g/mol. The van der Waals surface area contributed by atoms with Crippen LogP contribution in [0.1, 0.15) is 44.4 Å². The van der Waals surface area contributed by atoms with E-state index < -0.39 is 11.7 Å². The van der Waals surface area contributed by atoms with Crippen LogP contribution in [0.3, 0.4) is 0 Å². The smallest absolute Gasteiger partial charge is 0.426 e. The monoisotopic (exact) mass is 387 g/mol. The van der Waals surface area contributed by atoms with Crippen molar-refractivity contribution < 1.29 is 14.3 Å². The number of aryl methyl sites for hydroxylation is 1. The lowest BCUT2D eigenvalue weighted by Crippen LogP contribution is -2.49. The number of nitrogens with zero attached hydrogens (tertiary/aromatic N) is 1. The molecule has 0 fully saturated rings. The number of nitrogens with one attached hydrogen (secondary N) is 2. The number of carbonyl (C=O) groups is 2. The summed E-state index contributed by atoms with van der Waals surface area (Å²) in [5.41, 5.74) is 5.26. The first-order valence-corrected chi connectivity index (χ1v) is 9.92. The molecule has 27 heavy (non-hydrogen) atoms. The van der Waals surface area contributed by atoms with Crippen LogP contribution in [0.5, 0.6) is 0 Å². The van der Waals surface area contributed by atoms with Gasteiger partial charge in [-0.3, -0.25) is 9.80 Å². The number of anilines is 1. The molecule has 0 saturated heterocycles. The van der Waals surface area contributed by atoms with E-state index in [1.807, 2.05) is 29.0 Å². The van der Waals surface area contributed by atoms with Gasteiger partial charge in [0.15, 0.2) is 0 Å². The van der Waals surface area contributed by atoms with Crippen molar-refractivity contribution in [2.75, 3.05) is 11.6 Å². The molecule has 6 nitrogen and oxygen atoms in total. The highest BCUT2D eigenvalue weighted by Gasteiger charge is 2.25. The number of benzene rings is 1. The van der Waals surface area contributed by atoms with Crippen molar-refractivity contribution in [1.82, 2.24) is 10.7 Å². The zero-order valence-corrected chi connectivity index (χ0v) is 16.6. The Morgan fingerprint density at radius 2 is 2.04 bits per heavy atom. The topological polar surface area (TPSA) is 70.7 Å². The van der Waals surface area contributed by atoms with E-state index in [4.69, 9.17) is 4.74 Å². The fourth-order valence-corrected chi connectivity index (χ4v) is 3.75. The van der Waals surface area contributed by atoms with Crippen LogP contribution in [0.15, 0.2) is 41.1 Å². The van der Waals surface area contributed by atoms with Crippen molar-refractivity contribution in [3.8, 4) is 0 Å². The zero-order chi connectivity index (χ0) is 19.4. The Morgan fingerprint density at radius 3 is 2.74 bits per heavy atom. The van der Waals surface area contributed by atoms with Gasteiger partial charge in [-0.15, -0.1) is 0 Å². The molecule has 144 valence electrons. The van der Waals surface area contributed by atoms with Gasteiger partial charge >= 0.3 is 6.09 Å². The molecule has 1 aromatic heterocycles. The summed E-state index contributed by atoms with van der Waals surface area (Å²) in [6.07, 6.45) is 1.27. The van der Waals surface area contributed by atoms with Gasteiger partial charge in [-0.1, -0.05) is 24.3 Å². The number of amides is 2. The van der Waals surface area contributed by atoms with Crippen LogP contribution < -0.4 is 15.8 Å². The van der Waals surface area contributed by atoms with Gasteiger partial charge in [0, 0.05) is 5.38 Å². The maximum absolute atomic E-state index is 12.6. The van der Waals surface area contributed by atoms with E-state index in [0.29, 0.717) is 0 Å². The maximum Gasteiger partial charge on any atom is 0.426 e. The molecule has 7 heteroatoms. The highest BCUT2D eigenvalue weighted by Crippen LogP contribution is 2.30. The van der Waals surface area contributed by atoms with E-state index >= 15 is 0 Å². The standard InChI is InChI=1S/C20H25N3O3S/c1-20(2,3)26-19(25)22-23(15-10-11-27-13-15)12-18(24)21-17-9-8-14-6-4-5-7-16(14)17/h4-7,10-11,13,17H,8-9,12H2,1-3H3,(H,21,24)(H,22,25). The third kappa shape index (κ3) is 5.23. The van der Waals surface area contributed by atoms with Gasteiger partial charge in [0.2, 0.25) is 5.91 Å². The molecular formula is C20H25N3O3S. The molecular weight excluding hydrogens is 362 g/mol. The molecule has 0 aliphatic heterocycles. The largest absolute Gasteiger partial charge is 0.443 e. The van der Waals surface area contributed by atoms with Crippen molar-refractivity contribution in [2.45, 2.75) is 45.3 Å². The second kappa shape index (κ2) is 8.00. The maximum atomic E-state index is 12.6.